The molecule has 0 saturated heterocycles. The number of aryl methyl sites for hydroxylation is 1. The molecule has 0 N–H and O–H groups in total. The van der Waals surface area contributed by atoms with Gasteiger partial charge in [0.05, 0.1) is 0 Å². The summed E-state index contributed by atoms with van der Waals surface area (Å²) in [5.41, 5.74) is 4.19. The van der Waals surface area contributed by atoms with Crippen molar-refractivity contribution in [2.75, 3.05) is 0 Å². The summed E-state index contributed by atoms with van der Waals surface area (Å²) in [5.74, 6) is 1.14. The number of hydrogen-bond acceptors (Lipinski definition) is 1. The van der Waals surface area contributed by atoms with Gasteiger partial charge in [0.15, 0.2) is 0 Å². The van der Waals surface area contributed by atoms with Crippen molar-refractivity contribution in [2.45, 2.75) is 65.7 Å². The summed E-state index contributed by atoms with van der Waals surface area (Å²) in [7, 11) is 0. The molecular formula is C20H30Br2OTi. The molecule has 0 bridgehead atoms. The second-order valence-electron chi connectivity index (χ2n) is 8.22. The quantitative estimate of drug-likeness (QED) is 0.413. The summed E-state index contributed by atoms with van der Waals surface area (Å²) >= 11 is -0.546. The molecule has 1 nitrogen and oxygen atoms in total. The zero-order valence-corrected chi connectivity index (χ0v) is 20.8. The van der Waals surface area contributed by atoms with Crippen molar-refractivity contribution < 1.29 is 22.9 Å². The van der Waals surface area contributed by atoms with Crippen molar-refractivity contribution in [1.82, 2.24) is 0 Å². The second kappa shape index (κ2) is 9.21. The first-order chi connectivity index (χ1) is 10.1. The molecule has 0 spiro atoms. The Morgan fingerprint density at radius 3 is 1.79 bits per heavy atom. The Morgan fingerprint density at radius 1 is 0.917 bits per heavy atom. The first-order valence-electron chi connectivity index (χ1n) is 8.03. The van der Waals surface area contributed by atoms with Gasteiger partial charge in [0.2, 0.25) is 0 Å². The predicted molar refractivity (Wildman–Crippen MR) is 112 cm³/mol. The van der Waals surface area contributed by atoms with Gasteiger partial charge in [-0.3, -0.25) is 0 Å². The molecule has 0 fully saturated rings. The van der Waals surface area contributed by atoms with E-state index in [-0.39, 0.29) is 44.8 Å². The van der Waals surface area contributed by atoms with Crippen molar-refractivity contribution in [3.05, 3.63) is 50.9 Å². The average molecular weight is 494 g/mol. The van der Waals surface area contributed by atoms with Gasteiger partial charge in [-0.2, -0.15) is 0 Å². The number of halogens is 2. The zero-order chi connectivity index (χ0) is 16.5. The Morgan fingerprint density at radius 2 is 1.42 bits per heavy atom. The molecule has 0 aliphatic heterocycles. The van der Waals surface area contributed by atoms with E-state index in [0.29, 0.717) is 0 Å². The summed E-state index contributed by atoms with van der Waals surface area (Å²) in [6.45, 7) is 15.8. The van der Waals surface area contributed by atoms with Crippen LogP contribution in [0.2, 0.25) is 0 Å². The topological polar surface area (TPSA) is 9.23 Å². The molecule has 0 radical (unpaired) electrons. The van der Waals surface area contributed by atoms with Crippen LogP contribution in [-0.4, -0.2) is 0 Å². The van der Waals surface area contributed by atoms with Crippen molar-refractivity contribution >= 4 is 34.0 Å². The normalized spacial score (nSPS) is 13.7. The summed E-state index contributed by atoms with van der Waals surface area (Å²) in [6.07, 6.45) is 7.66. The molecule has 24 heavy (non-hydrogen) atoms. The molecule has 2 rings (SSSR count). The molecule has 0 heterocycles. The molecule has 1 aromatic rings. The third-order valence-electron chi connectivity index (χ3n) is 3.90. The van der Waals surface area contributed by atoms with Crippen LogP contribution in [0.1, 0.15) is 64.7 Å². The number of allylic oxidation sites excluding steroid dienone is 4. The van der Waals surface area contributed by atoms with E-state index < -0.39 is 19.5 Å². The van der Waals surface area contributed by atoms with Crippen LogP contribution in [-0.2, 0) is 30.4 Å². The molecule has 0 atom stereocenters. The van der Waals surface area contributed by atoms with E-state index in [9.17, 15) is 0 Å². The van der Waals surface area contributed by atoms with Gasteiger partial charge in [-0.05, 0) is 0 Å². The van der Waals surface area contributed by atoms with Crippen molar-refractivity contribution in [3.63, 3.8) is 0 Å². The van der Waals surface area contributed by atoms with Crippen LogP contribution in [0.25, 0.3) is 0 Å². The van der Waals surface area contributed by atoms with Gasteiger partial charge < -0.3 is 0 Å². The third kappa shape index (κ3) is 6.16. The Bertz CT molecular complexity index is 585. The van der Waals surface area contributed by atoms with Crippen LogP contribution in [0.5, 0.6) is 5.75 Å². The molecule has 0 saturated carbocycles. The van der Waals surface area contributed by atoms with Crippen LogP contribution in [0.4, 0.5) is 0 Å². The average Bonchev–Trinajstić information content (AvgIpc) is 2.87. The van der Waals surface area contributed by atoms with Gasteiger partial charge >= 0.3 is 145 Å². The fourth-order valence-corrected chi connectivity index (χ4v) is 3.92. The number of rotatable bonds is 3. The summed E-state index contributed by atoms with van der Waals surface area (Å²) in [5, 5.41) is 0. The molecule has 134 valence electrons. The molecule has 1 aliphatic carbocycles. The van der Waals surface area contributed by atoms with E-state index in [1.54, 1.807) is 0 Å². The Hall–Kier alpha value is 0.174. The maximum absolute atomic E-state index is 6.48. The van der Waals surface area contributed by atoms with Crippen molar-refractivity contribution in [3.8, 4) is 5.75 Å². The van der Waals surface area contributed by atoms with Gasteiger partial charge in [-0.15, -0.1) is 34.0 Å². The van der Waals surface area contributed by atoms with E-state index in [2.05, 4.69) is 78.8 Å². The van der Waals surface area contributed by atoms with Crippen LogP contribution < -0.4 is 3.32 Å². The van der Waals surface area contributed by atoms with Crippen molar-refractivity contribution in [2.24, 2.45) is 0 Å². The summed E-state index contributed by atoms with van der Waals surface area (Å²) in [4.78, 5) is 0. The van der Waals surface area contributed by atoms with E-state index in [4.69, 9.17) is 3.32 Å². The van der Waals surface area contributed by atoms with Crippen LogP contribution >= 0.6 is 34.0 Å². The monoisotopic (exact) mass is 492 g/mol. The van der Waals surface area contributed by atoms with Crippen LogP contribution in [0.15, 0.2) is 34.2 Å². The SMILES string of the molecule is Br.Br.Cc1cc(C(C)(C)C)c([O][Ti][C]2=CC=CC2)c(C(C)(C)C)c1. The number of benzene rings is 1. The predicted octanol–water partition coefficient (Wildman–Crippen LogP) is 6.97. The Kier molecular flexibility index (Phi) is 9.28. The van der Waals surface area contributed by atoms with E-state index in [0.717, 1.165) is 12.2 Å². The number of hydrogen-bond donors (Lipinski definition) is 0. The molecule has 0 aromatic heterocycles. The molecule has 0 unspecified atom stereocenters. The first kappa shape index (κ1) is 24.2. The van der Waals surface area contributed by atoms with Gasteiger partial charge in [-0.25, -0.2) is 0 Å². The summed E-state index contributed by atoms with van der Waals surface area (Å²) in [6, 6.07) is 4.61. The van der Waals surface area contributed by atoms with Gasteiger partial charge in [-0.1, -0.05) is 0 Å². The Balaban J connectivity index is 0.00000264. The maximum atomic E-state index is 6.48. The van der Waals surface area contributed by atoms with E-state index >= 15 is 0 Å². The molecule has 1 aromatic carbocycles. The molecule has 4 heteroatoms. The standard InChI is InChI=1S/C15H24O.C5H5.2BrH.Ti/c1-10-8-11(14(2,3)4)13(16)12(9-10)15(5,6)7;1-2-4-5-3-1;;;/h8-9,16H,1-7H3;1-3H,4H2;2*1H;/q;;;;+1/p-1. The van der Waals surface area contributed by atoms with E-state index in [1.807, 2.05) is 0 Å². The molecule has 1 aliphatic rings. The van der Waals surface area contributed by atoms with Crippen molar-refractivity contribution in [1.29, 1.82) is 0 Å². The summed E-state index contributed by atoms with van der Waals surface area (Å²) < 4.78 is 7.95. The van der Waals surface area contributed by atoms with Crippen LogP contribution in [0, 0.1) is 6.92 Å². The van der Waals surface area contributed by atoms with Gasteiger partial charge in [0, 0.05) is 0 Å². The minimum atomic E-state index is -0.546. The fourth-order valence-electron chi connectivity index (χ4n) is 2.64. The minimum absolute atomic E-state index is 0. The molecule has 0 amide bonds. The van der Waals surface area contributed by atoms with Gasteiger partial charge in [0.1, 0.15) is 0 Å². The first-order valence-corrected chi connectivity index (χ1v) is 9.45. The van der Waals surface area contributed by atoms with Crippen LogP contribution in [0.3, 0.4) is 0 Å². The molecular weight excluding hydrogens is 464 g/mol. The third-order valence-corrected chi connectivity index (χ3v) is 5.37. The fraction of sp³-hybridized carbons (Fsp3) is 0.500. The van der Waals surface area contributed by atoms with E-state index in [1.165, 1.54) is 20.6 Å². The zero-order valence-electron chi connectivity index (χ0n) is 15.8. The Labute approximate surface area is 178 Å². The van der Waals surface area contributed by atoms with Gasteiger partial charge in [0.25, 0.3) is 0 Å². The second-order valence-corrected chi connectivity index (χ2v) is 9.86.